The molecule has 2 N–H and O–H groups in total. The maximum Gasteiger partial charge on any atom is 0.236 e. The number of carbonyl (C=O) groups is 1. The molecule has 1 aliphatic rings. The number of hydrogen-bond donors (Lipinski definition) is 1. The van der Waals surface area contributed by atoms with Crippen LogP contribution in [0, 0.1) is 0 Å². The summed E-state index contributed by atoms with van der Waals surface area (Å²) in [4.78, 5) is 16.1. The lowest BCUT2D eigenvalue weighted by atomic mass is 10.0. The number of carbonyl (C=O) groups excluding carboxylic acids is 1. The first-order chi connectivity index (χ1) is 7.65. The fourth-order valence-corrected chi connectivity index (χ4v) is 2.23. The van der Waals surface area contributed by atoms with Gasteiger partial charge in [0.1, 0.15) is 0 Å². The molecule has 0 aromatic carbocycles. The minimum absolute atomic E-state index is 0.270. The van der Waals surface area contributed by atoms with E-state index in [1.807, 2.05) is 11.9 Å². The number of rotatable bonds is 5. The van der Waals surface area contributed by atoms with Crippen molar-refractivity contribution in [3.8, 4) is 0 Å². The molecule has 1 fully saturated rings. The minimum atomic E-state index is 0.270. The molecule has 0 radical (unpaired) electrons. The molecule has 0 spiro atoms. The Morgan fingerprint density at radius 2 is 2.25 bits per heavy atom. The molecule has 0 bridgehead atoms. The quantitative estimate of drug-likeness (QED) is 0.751. The number of piperidine rings is 1. The van der Waals surface area contributed by atoms with E-state index in [1.54, 1.807) is 0 Å². The van der Waals surface area contributed by atoms with Crippen LogP contribution in [0.5, 0.6) is 0 Å². The Balaban J connectivity index is 2.32. The molecule has 1 aliphatic heterocycles. The Kier molecular flexibility index (Phi) is 5.77. The molecule has 1 rings (SSSR count). The van der Waals surface area contributed by atoms with Gasteiger partial charge in [-0.25, -0.2) is 0 Å². The molecule has 1 saturated heterocycles. The van der Waals surface area contributed by atoms with Gasteiger partial charge in [-0.15, -0.1) is 0 Å². The topological polar surface area (TPSA) is 49.6 Å². The zero-order valence-corrected chi connectivity index (χ0v) is 10.6. The maximum atomic E-state index is 12.0. The normalized spacial score (nSPS) is 21.5. The van der Waals surface area contributed by atoms with Gasteiger partial charge in [0.2, 0.25) is 5.91 Å². The van der Waals surface area contributed by atoms with Crippen molar-refractivity contribution in [1.82, 2.24) is 9.80 Å². The monoisotopic (exact) mass is 227 g/mol. The molecule has 1 unspecified atom stereocenters. The summed E-state index contributed by atoms with van der Waals surface area (Å²) in [5.74, 6) is 0.270. The highest BCUT2D eigenvalue weighted by Gasteiger charge is 2.23. The summed E-state index contributed by atoms with van der Waals surface area (Å²) in [6, 6.07) is 0.421. The number of likely N-dealkylation sites (tertiary alicyclic amines) is 1. The average molecular weight is 227 g/mol. The van der Waals surface area contributed by atoms with E-state index in [1.165, 1.54) is 6.42 Å². The number of hydrogen-bond acceptors (Lipinski definition) is 3. The molecule has 4 nitrogen and oxygen atoms in total. The second-order valence-electron chi connectivity index (χ2n) is 4.81. The first kappa shape index (κ1) is 13.5. The zero-order valence-electron chi connectivity index (χ0n) is 10.6. The smallest absolute Gasteiger partial charge is 0.236 e. The van der Waals surface area contributed by atoms with Crippen molar-refractivity contribution in [2.75, 3.05) is 33.2 Å². The molecule has 1 heterocycles. The van der Waals surface area contributed by atoms with Gasteiger partial charge in [0.05, 0.1) is 6.54 Å². The Morgan fingerprint density at radius 3 is 2.88 bits per heavy atom. The second-order valence-corrected chi connectivity index (χ2v) is 4.81. The van der Waals surface area contributed by atoms with Crippen LogP contribution in [0.4, 0.5) is 0 Å². The van der Waals surface area contributed by atoms with Crippen molar-refractivity contribution in [3.63, 3.8) is 0 Å². The lowest BCUT2D eigenvalue weighted by Crippen LogP contribution is -2.46. The van der Waals surface area contributed by atoms with Crippen molar-refractivity contribution >= 4 is 5.91 Å². The predicted octanol–water partition coefficient (Wildman–Crippen LogP) is 0.668. The highest BCUT2D eigenvalue weighted by Crippen LogP contribution is 2.16. The van der Waals surface area contributed by atoms with Gasteiger partial charge >= 0.3 is 0 Å². The summed E-state index contributed by atoms with van der Waals surface area (Å²) < 4.78 is 0. The predicted molar refractivity (Wildman–Crippen MR) is 66.2 cm³/mol. The van der Waals surface area contributed by atoms with Crippen LogP contribution in [0.15, 0.2) is 0 Å². The molecule has 0 aromatic heterocycles. The van der Waals surface area contributed by atoms with Gasteiger partial charge in [-0.05, 0) is 52.7 Å². The van der Waals surface area contributed by atoms with Gasteiger partial charge in [0.25, 0.3) is 0 Å². The van der Waals surface area contributed by atoms with Gasteiger partial charge in [-0.2, -0.15) is 0 Å². The van der Waals surface area contributed by atoms with E-state index in [0.29, 0.717) is 19.1 Å². The Labute approximate surface area is 98.8 Å². The van der Waals surface area contributed by atoms with Crippen LogP contribution < -0.4 is 5.73 Å². The lowest BCUT2D eigenvalue weighted by Gasteiger charge is -2.34. The van der Waals surface area contributed by atoms with Crippen LogP contribution in [-0.4, -0.2) is 55.0 Å². The third kappa shape index (κ3) is 4.10. The van der Waals surface area contributed by atoms with Gasteiger partial charge < -0.3 is 10.6 Å². The highest BCUT2D eigenvalue weighted by atomic mass is 16.2. The summed E-state index contributed by atoms with van der Waals surface area (Å²) in [6.45, 7) is 5.22. The maximum absolute atomic E-state index is 12.0. The molecule has 4 heteroatoms. The number of nitrogens with zero attached hydrogens (tertiary/aromatic N) is 2. The van der Waals surface area contributed by atoms with Crippen molar-refractivity contribution in [2.24, 2.45) is 5.73 Å². The summed E-state index contributed by atoms with van der Waals surface area (Å²) in [6.07, 6.45) is 4.52. The van der Waals surface area contributed by atoms with E-state index in [0.717, 1.165) is 32.4 Å². The molecule has 16 heavy (non-hydrogen) atoms. The van der Waals surface area contributed by atoms with E-state index >= 15 is 0 Å². The Bertz CT molecular complexity index is 220. The van der Waals surface area contributed by atoms with Crippen LogP contribution in [0.3, 0.4) is 0 Å². The van der Waals surface area contributed by atoms with Crippen LogP contribution in [0.2, 0.25) is 0 Å². The van der Waals surface area contributed by atoms with Crippen LogP contribution >= 0.6 is 0 Å². The molecule has 1 amide bonds. The van der Waals surface area contributed by atoms with Gasteiger partial charge in [-0.1, -0.05) is 0 Å². The summed E-state index contributed by atoms with van der Waals surface area (Å²) in [7, 11) is 1.99. The summed E-state index contributed by atoms with van der Waals surface area (Å²) in [5.41, 5.74) is 5.45. The van der Waals surface area contributed by atoms with E-state index in [4.69, 9.17) is 5.73 Å². The minimum Gasteiger partial charge on any atom is -0.339 e. The fraction of sp³-hybridized carbons (Fsp3) is 0.917. The molecule has 94 valence electrons. The Hall–Kier alpha value is -0.610. The molecule has 0 aliphatic carbocycles. The van der Waals surface area contributed by atoms with E-state index < -0.39 is 0 Å². The standard InChI is InChI=1S/C12H25N3O/c1-11-6-3-4-9-15(11)12(16)10-14(2)8-5-7-13/h11H,3-10,13H2,1-2H3. The van der Waals surface area contributed by atoms with Gasteiger partial charge in [0, 0.05) is 12.6 Å². The van der Waals surface area contributed by atoms with E-state index in [9.17, 15) is 4.79 Å². The third-order valence-corrected chi connectivity index (χ3v) is 3.27. The second kappa shape index (κ2) is 6.86. The number of likely N-dealkylation sites (N-methyl/N-ethyl adjacent to an activating group) is 1. The van der Waals surface area contributed by atoms with Crippen molar-refractivity contribution in [3.05, 3.63) is 0 Å². The first-order valence-corrected chi connectivity index (χ1v) is 6.33. The van der Waals surface area contributed by atoms with Gasteiger partial charge in [-0.3, -0.25) is 9.69 Å². The highest BCUT2D eigenvalue weighted by molar-refractivity contribution is 5.78. The SMILES string of the molecule is CC1CCCCN1C(=O)CN(C)CCCN. The van der Waals surface area contributed by atoms with Crippen LogP contribution in [0.25, 0.3) is 0 Å². The third-order valence-electron chi connectivity index (χ3n) is 3.27. The van der Waals surface area contributed by atoms with Crippen molar-refractivity contribution < 1.29 is 4.79 Å². The summed E-state index contributed by atoms with van der Waals surface area (Å²) >= 11 is 0. The molecule has 1 atom stereocenters. The largest absolute Gasteiger partial charge is 0.339 e. The molecular weight excluding hydrogens is 202 g/mol. The van der Waals surface area contributed by atoms with Crippen molar-refractivity contribution in [1.29, 1.82) is 0 Å². The first-order valence-electron chi connectivity index (χ1n) is 6.33. The fourth-order valence-electron chi connectivity index (χ4n) is 2.23. The molecule has 0 saturated carbocycles. The lowest BCUT2D eigenvalue weighted by molar-refractivity contribution is -0.135. The molecular formula is C12H25N3O. The zero-order chi connectivity index (χ0) is 12.0. The Morgan fingerprint density at radius 1 is 1.50 bits per heavy atom. The van der Waals surface area contributed by atoms with E-state index in [-0.39, 0.29) is 5.91 Å². The van der Waals surface area contributed by atoms with Gasteiger partial charge in [0.15, 0.2) is 0 Å². The molecule has 0 aromatic rings. The average Bonchev–Trinajstić information content (AvgIpc) is 2.26. The van der Waals surface area contributed by atoms with Crippen molar-refractivity contribution in [2.45, 2.75) is 38.6 Å². The summed E-state index contributed by atoms with van der Waals surface area (Å²) in [5, 5.41) is 0. The number of amides is 1. The number of nitrogens with two attached hydrogens (primary N) is 1. The van der Waals surface area contributed by atoms with Crippen LogP contribution in [-0.2, 0) is 4.79 Å². The van der Waals surface area contributed by atoms with Crippen LogP contribution in [0.1, 0.15) is 32.6 Å². The van der Waals surface area contributed by atoms with E-state index in [2.05, 4.69) is 11.8 Å².